The molecule has 512 valence electrons. The topological polar surface area (TPSA) is 494 Å². The van der Waals surface area contributed by atoms with E-state index in [1.54, 1.807) is 0 Å². The van der Waals surface area contributed by atoms with Crippen molar-refractivity contribution in [1.29, 1.82) is 0 Å². The number of aromatic nitrogens is 14. The third-order valence-corrected chi connectivity index (χ3v) is 16.1. The second kappa shape index (κ2) is 27.8. The fourth-order valence-corrected chi connectivity index (χ4v) is 11.8. The highest BCUT2D eigenvalue weighted by Crippen LogP contribution is 2.48. The molecule has 20 atom stereocenters. The Bertz CT molecular complexity index is 4580. The molecule has 0 bridgehead atoms. The molecule has 0 radical (unpaired) electrons. The van der Waals surface area contributed by atoms with E-state index in [9.17, 15) is 54.8 Å². The lowest BCUT2D eigenvalue weighted by atomic mass is 9.95. The molecular weight excluding hydrogens is 1390 g/mol. The molecule has 0 amide bonds. The summed E-state index contributed by atoms with van der Waals surface area (Å²) in [6, 6.07) is 1.40. The minimum atomic E-state index is -2.79. The number of nitrogens with zero attached hydrogens (tertiary/aromatic N) is 11. The van der Waals surface area contributed by atoms with Crippen LogP contribution in [0.3, 0.4) is 0 Å². The van der Waals surface area contributed by atoms with Crippen LogP contribution in [0, 0.1) is 55.7 Å². The Kier molecular flexibility index (Phi) is 20.9. The van der Waals surface area contributed by atoms with E-state index in [1.165, 1.54) is 72.5 Å². The number of halogens is 9. The molecule has 32 nitrogen and oxygen atoms in total. The van der Waals surface area contributed by atoms with Gasteiger partial charge in [-0.25, -0.2) is 41.9 Å². The number of aliphatic hydroxyl groups excluding tert-OH is 8. The molecule has 0 aliphatic carbocycles. The number of nitrogens with two attached hydrogens (primary N) is 4. The van der Waals surface area contributed by atoms with Gasteiger partial charge in [0, 0.05) is 33.9 Å². The molecule has 0 saturated carbocycles. The first kappa shape index (κ1) is 72.2. The van der Waals surface area contributed by atoms with Gasteiger partial charge in [0.05, 0.1) is 48.7 Å². The number of hydrogen-bond donors (Lipinski definition) is 15. The zero-order chi connectivity index (χ0) is 70.6. The van der Waals surface area contributed by atoms with Gasteiger partial charge in [-0.2, -0.15) is 15.0 Å². The lowest BCUT2D eigenvalue weighted by molar-refractivity contribution is -0.0776. The molecule has 0 aromatic carbocycles. The normalized spacial score (nSPS) is 31.0. The summed E-state index contributed by atoms with van der Waals surface area (Å²) >= 11 is 26.4. The highest BCUT2D eigenvalue weighted by molar-refractivity contribution is 7.71. The number of ether oxygens (including phenoxy) is 4. The molecule has 96 heavy (non-hydrogen) atoms. The van der Waals surface area contributed by atoms with Crippen molar-refractivity contribution in [2.75, 3.05) is 22.9 Å². The largest absolute Gasteiger partial charge is 0.391 e. The molecule has 4 aliphatic rings. The number of nitrogen functional groups attached to an aromatic ring is 4. The summed E-state index contributed by atoms with van der Waals surface area (Å²) in [6.45, 7) is 5.36. The Balaban J connectivity index is 0.000000150. The van der Waals surface area contributed by atoms with Gasteiger partial charge in [-0.3, -0.25) is 33.3 Å². The Labute approximate surface area is 559 Å². The summed E-state index contributed by atoms with van der Waals surface area (Å²) in [5.74, 6) is 6.79. The van der Waals surface area contributed by atoms with Gasteiger partial charge in [-0.1, -0.05) is 12.2 Å². The average Bonchev–Trinajstić information content (AvgIpc) is 1.60. The Morgan fingerprint density at radius 3 is 1.43 bits per heavy atom. The van der Waals surface area contributed by atoms with Gasteiger partial charge in [0.2, 0.25) is 40.5 Å². The smallest absolute Gasteiger partial charge is 0.264 e. The number of aromatic amines is 3. The van der Waals surface area contributed by atoms with E-state index in [0.29, 0.717) is 5.52 Å². The van der Waals surface area contributed by atoms with Crippen molar-refractivity contribution in [3.63, 3.8) is 0 Å². The van der Waals surface area contributed by atoms with E-state index in [-0.39, 0.29) is 61.9 Å². The van der Waals surface area contributed by atoms with Crippen LogP contribution in [0.1, 0.15) is 52.6 Å². The van der Waals surface area contributed by atoms with Crippen LogP contribution in [-0.2, 0) is 18.9 Å². The van der Waals surface area contributed by atoms with Gasteiger partial charge < -0.3 is 92.3 Å². The van der Waals surface area contributed by atoms with Crippen molar-refractivity contribution in [2.24, 2.45) is 0 Å². The SMILES string of the molecule is C[C@@H](O)[C@H]1O[C@@H](n2cc(F)c3c(=O)[nH]c(N)nc32)C(F)(C#CCl)[C@H]1O.C[C@@H](O)[C@H]1O[C@@H](n2ccc3c(=O)[nH]c(N)nc32)C(F)(C#CCl)[C@H]1O.C[C@@H](O)[C@H]1O[C@@H](n2cnc3c(=S)nc(N)[nH]c32)C(F)(C#CCl)[C@H]1O.C[C@@H](O)[C@H]1O[C@@H](n2cnc3cnc(N)nc32)C(F)(C#CCl)[C@H]1O. The van der Waals surface area contributed by atoms with E-state index in [0.717, 1.165) is 10.8 Å². The molecular formula is C54H53Cl4F5N18O14S. The van der Waals surface area contributed by atoms with Crippen LogP contribution < -0.4 is 34.1 Å². The molecule has 4 unspecified atom stereocenters. The number of rotatable bonds is 8. The van der Waals surface area contributed by atoms with Crippen molar-refractivity contribution >= 4 is 127 Å². The summed E-state index contributed by atoms with van der Waals surface area (Å²) in [6.07, 6.45) is -16.8. The van der Waals surface area contributed by atoms with Crippen molar-refractivity contribution < 1.29 is 81.8 Å². The van der Waals surface area contributed by atoms with E-state index >= 15 is 17.6 Å². The average molecular weight is 1450 g/mol. The second-order valence-corrected chi connectivity index (χ2v) is 23.0. The Morgan fingerprint density at radius 2 is 0.969 bits per heavy atom. The molecule has 42 heteroatoms. The molecule has 4 fully saturated rings. The first-order valence-corrected chi connectivity index (χ1v) is 29.5. The van der Waals surface area contributed by atoms with E-state index in [1.807, 2.05) is 27.4 Å². The van der Waals surface area contributed by atoms with Crippen LogP contribution in [0.25, 0.3) is 44.4 Å². The van der Waals surface area contributed by atoms with E-state index in [4.69, 9.17) is 101 Å². The van der Waals surface area contributed by atoms with Crippen LogP contribution in [0.5, 0.6) is 0 Å². The fourth-order valence-electron chi connectivity index (χ4n) is 10.9. The summed E-state index contributed by atoms with van der Waals surface area (Å²) in [4.78, 5) is 58.5. The third-order valence-electron chi connectivity index (χ3n) is 15.5. The van der Waals surface area contributed by atoms with Crippen molar-refractivity contribution in [3.05, 3.63) is 68.5 Å². The molecule has 8 aromatic rings. The maximum absolute atomic E-state index is 15.4. The molecule has 12 heterocycles. The maximum Gasteiger partial charge on any atom is 0.264 e. The molecule has 19 N–H and O–H groups in total. The van der Waals surface area contributed by atoms with E-state index < -0.39 is 143 Å². The fraction of sp³-hybridized carbons (Fsp3) is 0.444. The van der Waals surface area contributed by atoms with Gasteiger partial charge >= 0.3 is 0 Å². The summed E-state index contributed by atoms with van der Waals surface area (Å²) < 4.78 is 102. The minimum absolute atomic E-state index is 0.00718. The van der Waals surface area contributed by atoms with Gasteiger partial charge in [0.1, 0.15) is 70.9 Å². The zero-order valence-corrected chi connectivity index (χ0v) is 53.1. The molecule has 0 spiro atoms. The quantitative estimate of drug-likeness (QED) is 0.0557. The zero-order valence-electron chi connectivity index (χ0n) is 49.3. The Morgan fingerprint density at radius 1 is 0.562 bits per heavy atom. The predicted octanol–water partition coefficient (Wildman–Crippen LogP) is 0.421. The first-order valence-electron chi connectivity index (χ1n) is 27.6. The summed E-state index contributed by atoms with van der Waals surface area (Å²) in [5.41, 5.74) is 11.1. The number of H-pyrrole nitrogens is 3. The third kappa shape index (κ3) is 12.8. The van der Waals surface area contributed by atoms with Crippen molar-refractivity contribution in [3.8, 4) is 45.2 Å². The number of hydrogen-bond acceptors (Lipinski definition) is 26. The molecule has 4 aliphatic heterocycles. The first-order chi connectivity index (χ1) is 45.2. The number of fused-ring (bicyclic) bond motifs is 4. The van der Waals surface area contributed by atoms with Gasteiger partial charge in [0.15, 0.2) is 58.3 Å². The maximum atomic E-state index is 15.4. The van der Waals surface area contributed by atoms with Crippen molar-refractivity contribution in [2.45, 2.75) is 149 Å². The van der Waals surface area contributed by atoms with Crippen LogP contribution in [0.15, 0.2) is 46.9 Å². The second-order valence-electron chi connectivity index (χ2n) is 21.8. The predicted molar refractivity (Wildman–Crippen MR) is 333 cm³/mol. The van der Waals surface area contributed by atoms with E-state index in [2.05, 4.69) is 67.6 Å². The summed E-state index contributed by atoms with van der Waals surface area (Å²) in [5, 5.41) is 86.9. The lowest BCUT2D eigenvalue weighted by Gasteiger charge is -2.24. The number of imidazole rings is 2. The highest BCUT2D eigenvalue weighted by atomic mass is 35.5. The van der Waals surface area contributed by atoms with Gasteiger partial charge in [-0.05, 0) is 104 Å². The van der Waals surface area contributed by atoms with Gasteiger partial charge in [0.25, 0.3) is 11.1 Å². The van der Waals surface area contributed by atoms with Crippen LogP contribution in [0.4, 0.5) is 45.7 Å². The number of aliphatic hydroxyl groups is 8. The number of anilines is 4. The molecule has 4 saturated heterocycles. The highest BCUT2D eigenvalue weighted by Gasteiger charge is 2.63. The molecule has 12 rings (SSSR count). The standard InChI is InChI=1S/C14H13ClF2N4O4.C14H14ClFN4O4.C13H13ClFN5O3S.C13H13ClFN5O3/c1-5(22)8-9(23)14(17,2-3-15)12(25-8)21-4-6(16)7-10(21)19-13(18)20-11(7)24;1-6(21)8-9(22)14(16,3-4-15)12(24-8)20-5-2-7-10(20)18-13(17)19-11(7)23;1-5(21)7-8(22)13(15,2-3-14)11(23-7)20-4-17-6-9(20)18-12(16)19-10(6)24;1-6(21)8-9(22)13(15,2-3-14)11(23-8)20-5-18-7-4-17-12(16)19-10(7)20/h4-5,8-9,12,22-23H,1H3,(H3,18,19,20,24);2,5-6,8-9,12,21-22H,1H3,(H3,17,18,19,23);4-5,7-8,11,21-22H,1H3,(H3,16,18,19,24);4-6,8-9,11,21-22H,1H3,(H2,16,17,19)/t5-,8-,9+,12-,14?;6-,8-,9+,12-,14?;5-,7-,8+,11-,13?;6-,8-,9+,11-,13?/m1111/s1. The number of nitrogens with one attached hydrogen (secondary N) is 3. The van der Waals surface area contributed by atoms with Crippen LogP contribution >= 0.6 is 58.6 Å². The lowest BCUT2D eigenvalue weighted by Crippen LogP contribution is -2.44. The molecule has 8 aromatic heterocycles. The van der Waals surface area contributed by atoms with Gasteiger partial charge in [-0.15, -0.1) is 0 Å². The minimum Gasteiger partial charge on any atom is -0.391 e. The Hall–Kier alpha value is -8.07. The van der Waals surface area contributed by atoms with Crippen molar-refractivity contribution in [1.82, 2.24) is 68.1 Å². The summed E-state index contributed by atoms with van der Waals surface area (Å²) in [7, 11) is 0. The number of alkyl halides is 4. The monoisotopic (exact) mass is 1440 g/mol. The van der Waals surface area contributed by atoms with Crippen LogP contribution in [-0.4, -0.2) is 205 Å². The van der Waals surface area contributed by atoms with Crippen LogP contribution in [0.2, 0.25) is 0 Å².